The zero-order chi connectivity index (χ0) is 12.4. The van der Waals surface area contributed by atoms with E-state index in [1.165, 1.54) is 5.56 Å². The van der Waals surface area contributed by atoms with Crippen LogP contribution in [0.25, 0.3) is 11.3 Å². The van der Waals surface area contributed by atoms with E-state index in [0.717, 1.165) is 27.7 Å². The number of rotatable bonds is 2. The Morgan fingerprint density at radius 3 is 2.47 bits per heavy atom. The third kappa shape index (κ3) is 2.50. The summed E-state index contributed by atoms with van der Waals surface area (Å²) in [6.45, 7) is 3.93. The van der Waals surface area contributed by atoms with Gasteiger partial charge < -0.3 is 4.98 Å². The maximum atomic E-state index is 11.7. The van der Waals surface area contributed by atoms with Gasteiger partial charge in [-0.05, 0) is 42.7 Å². The molecule has 0 amide bonds. The summed E-state index contributed by atoms with van der Waals surface area (Å²) in [6, 6.07) is 9.93. The van der Waals surface area contributed by atoms with Crippen molar-refractivity contribution in [1.29, 1.82) is 0 Å². The van der Waals surface area contributed by atoms with Crippen molar-refractivity contribution in [1.82, 2.24) is 4.98 Å². The smallest absolute Gasteiger partial charge is 0.251 e. The fraction of sp³-hybridized carbons (Fsp3) is 0.214. The minimum Gasteiger partial charge on any atom is -0.321 e. The van der Waals surface area contributed by atoms with Gasteiger partial charge in [-0.25, -0.2) is 0 Å². The first-order valence-corrected chi connectivity index (χ1v) is 6.40. The van der Waals surface area contributed by atoms with E-state index in [4.69, 9.17) is 0 Å². The molecule has 0 radical (unpaired) electrons. The molecular weight excluding hydrogens is 278 g/mol. The number of aryl methyl sites for hydroxylation is 2. The second-order valence-corrected chi connectivity index (χ2v) is 4.96. The van der Waals surface area contributed by atoms with Crippen LogP contribution in [0.4, 0.5) is 0 Å². The number of halogens is 1. The Kier molecular flexibility index (Phi) is 3.48. The van der Waals surface area contributed by atoms with E-state index in [1.807, 2.05) is 37.3 Å². The van der Waals surface area contributed by atoms with E-state index in [9.17, 15) is 4.79 Å². The molecule has 0 spiro atoms. The lowest BCUT2D eigenvalue weighted by Gasteiger charge is -2.09. The van der Waals surface area contributed by atoms with Crippen LogP contribution in [0.1, 0.15) is 18.1 Å². The Morgan fingerprint density at radius 2 is 1.88 bits per heavy atom. The first-order valence-electron chi connectivity index (χ1n) is 5.60. The van der Waals surface area contributed by atoms with E-state index in [2.05, 4.69) is 27.8 Å². The van der Waals surface area contributed by atoms with Crippen molar-refractivity contribution in [3.8, 4) is 11.3 Å². The molecule has 2 rings (SSSR count). The van der Waals surface area contributed by atoms with Crippen molar-refractivity contribution in [2.45, 2.75) is 20.3 Å². The van der Waals surface area contributed by atoms with E-state index >= 15 is 0 Å². The number of hydrogen-bond donors (Lipinski definition) is 1. The summed E-state index contributed by atoms with van der Waals surface area (Å²) >= 11 is 3.41. The molecular formula is C14H14BrNO. The minimum atomic E-state index is -0.0138. The summed E-state index contributed by atoms with van der Waals surface area (Å²) in [7, 11) is 0. The van der Waals surface area contributed by atoms with Gasteiger partial charge in [0, 0.05) is 10.0 Å². The Balaban J connectivity index is 2.62. The number of nitrogens with one attached hydrogen (secondary N) is 1. The van der Waals surface area contributed by atoms with Gasteiger partial charge in [-0.15, -0.1) is 0 Å². The lowest BCUT2D eigenvalue weighted by molar-refractivity contribution is 1.07. The van der Waals surface area contributed by atoms with Crippen molar-refractivity contribution in [3.63, 3.8) is 0 Å². The summed E-state index contributed by atoms with van der Waals surface area (Å²) < 4.78 is 1.04. The number of pyridine rings is 1. The maximum absolute atomic E-state index is 11.7. The second-order valence-electron chi connectivity index (χ2n) is 4.04. The summed E-state index contributed by atoms with van der Waals surface area (Å²) in [6.07, 6.45) is 0.906. The average molecular weight is 292 g/mol. The van der Waals surface area contributed by atoms with Crippen LogP contribution >= 0.6 is 15.9 Å². The quantitative estimate of drug-likeness (QED) is 0.900. The summed E-state index contributed by atoms with van der Waals surface area (Å²) in [5, 5.41) is 0. The maximum Gasteiger partial charge on any atom is 0.251 e. The number of H-pyrrole nitrogens is 1. The molecule has 0 fully saturated rings. The third-order valence-electron chi connectivity index (χ3n) is 2.82. The Bertz CT molecular complexity index is 584. The van der Waals surface area contributed by atoms with Gasteiger partial charge in [-0.2, -0.15) is 0 Å². The highest BCUT2D eigenvalue weighted by Gasteiger charge is 2.06. The summed E-state index contributed by atoms with van der Waals surface area (Å²) in [5.74, 6) is 0. The number of aromatic amines is 1. The van der Waals surface area contributed by atoms with Crippen LogP contribution in [0.3, 0.4) is 0 Å². The van der Waals surface area contributed by atoms with Gasteiger partial charge in [0.05, 0.1) is 5.69 Å². The van der Waals surface area contributed by atoms with Crippen LogP contribution in [-0.2, 0) is 6.42 Å². The lowest BCUT2D eigenvalue weighted by atomic mass is 10.0. The first kappa shape index (κ1) is 12.1. The monoisotopic (exact) mass is 291 g/mol. The van der Waals surface area contributed by atoms with Crippen molar-refractivity contribution in [2.75, 3.05) is 0 Å². The number of hydrogen-bond acceptors (Lipinski definition) is 1. The van der Waals surface area contributed by atoms with E-state index in [0.29, 0.717) is 0 Å². The zero-order valence-electron chi connectivity index (χ0n) is 9.88. The van der Waals surface area contributed by atoms with Gasteiger partial charge in [-0.1, -0.05) is 35.0 Å². The molecule has 1 heterocycles. The topological polar surface area (TPSA) is 32.9 Å². The highest BCUT2D eigenvalue weighted by molar-refractivity contribution is 9.10. The fourth-order valence-electron chi connectivity index (χ4n) is 1.84. The lowest BCUT2D eigenvalue weighted by Crippen LogP contribution is -2.12. The van der Waals surface area contributed by atoms with Gasteiger partial charge in [0.15, 0.2) is 0 Å². The molecule has 1 aromatic carbocycles. The summed E-state index contributed by atoms with van der Waals surface area (Å²) in [5.41, 5.74) is 3.89. The molecule has 2 aromatic rings. The molecule has 88 valence electrons. The van der Waals surface area contributed by atoms with Gasteiger partial charge in [-0.3, -0.25) is 4.79 Å². The van der Waals surface area contributed by atoms with Crippen molar-refractivity contribution >= 4 is 15.9 Å². The van der Waals surface area contributed by atoms with Crippen molar-refractivity contribution in [2.24, 2.45) is 0 Å². The molecule has 1 aromatic heterocycles. The molecule has 2 nitrogen and oxygen atoms in total. The average Bonchev–Trinajstić information content (AvgIpc) is 2.33. The first-order chi connectivity index (χ1) is 8.11. The van der Waals surface area contributed by atoms with Crippen molar-refractivity contribution < 1.29 is 0 Å². The van der Waals surface area contributed by atoms with E-state index in [1.54, 1.807) is 0 Å². The Morgan fingerprint density at radius 1 is 1.24 bits per heavy atom. The van der Waals surface area contributed by atoms with Gasteiger partial charge in [0.25, 0.3) is 5.56 Å². The molecule has 3 heteroatoms. The SMILES string of the molecule is CCc1cc(C)c(=O)[nH]c1-c1ccc(Br)cc1. The Hall–Kier alpha value is -1.35. The highest BCUT2D eigenvalue weighted by Crippen LogP contribution is 2.23. The molecule has 17 heavy (non-hydrogen) atoms. The van der Waals surface area contributed by atoms with Crippen LogP contribution in [0.5, 0.6) is 0 Å². The molecule has 0 saturated heterocycles. The molecule has 0 atom stereocenters. The van der Waals surface area contributed by atoms with Crippen LogP contribution in [0, 0.1) is 6.92 Å². The van der Waals surface area contributed by atoms with Crippen LogP contribution in [0.15, 0.2) is 39.6 Å². The van der Waals surface area contributed by atoms with Crippen LogP contribution in [0.2, 0.25) is 0 Å². The molecule has 0 aliphatic carbocycles. The molecule has 0 aliphatic heterocycles. The third-order valence-corrected chi connectivity index (χ3v) is 3.35. The van der Waals surface area contributed by atoms with Gasteiger partial charge in [0.2, 0.25) is 0 Å². The second kappa shape index (κ2) is 4.88. The predicted octanol–water partition coefficient (Wildman–Crippen LogP) is 3.68. The molecule has 0 unspecified atom stereocenters. The van der Waals surface area contributed by atoms with Gasteiger partial charge >= 0.3 is 0 Å². The predicted molar refractivity (Wildman–Crippen MR) is 74.3 cm³/mol. The minimum absolute atomic E-state index is 0.0138. The molecule has 1 N–H and O–H groups in total. The number of aromatic nitrogens is 1. The Labute approximate surface area is 109 Å². The van der Waals surface area contributed by atoms with Gasteiger partial charge in [0.1, 0.15) is 0 Å². The highest BCUT2D eigenvalue weighted by atomic mass is 79.9. The van der Waals surface area contributed by atoms with Crippen molar-refractivity contribution in [3.05, 3.63) is 56.3 Å². The van der Waals surface area contributed by atoms with Crippen LogP contribution in [-0.4, -0.2) is 4.98 Å². The van der Waals surface area contributed by atoms with E-state index < -0.39 is 0 Å². The molecule has 0 aliphatic rings. The largest absolute Gasteiger partial charge is 0.321 e. The fourth-order valence-corrected chi connectivity index (χ4v) is 2.11. The zero-order valence-corrected chi connectivity index (χ0v) is 11.5. The number of benzene rings is 1. The summed E-state index contributed by atoms with van der Waals surface area (Å²) in [4.78, 5) is 14.6. The molecule has 0 saturated carbocycles. The van der Waals surface area contributed by atoms with Crippen LogP contribution < -0.4 is 5.56 Å². The normalized spacial score (nSPS) is 10.5. The standard InChI is InChI=1S/C14H14BrNO/c1-3-10-8-9(2)14(17)16-13(10)11-4-6-12(15)7-5-11/h4-8H,3H2,1-2H3,(H,16,17). The van der Waals surface area contributed by atoms with E-state index in [-0.39, 0.29) is 5.56 Å². The molecule has 0 bridgehead atoms.